The van der Waals surface area contributed by atoms with Crippen LogP contribution in [0.2, 0.25) is 0 Å². The lowest BCUT2D eigenvalue weighted by atomic mass is 10.1. The smallest absolute Gasteiger partial charge is 0.228 e. The van der Waals surface area contributed by atoms with Crippen LogP contribution in [0.5, 0.6) is 0 Å². The Labute approximate surface area is 109 Å². The van der Waals surface area contributed by atoms with Crippen molar-refractivity contribution >= 4 is 11.6 Å². The highest BCUT2D eigenvalue weighted by atomic mass is 16.2. The Bertz CT molecular complexity index is 442. The number of rotatable bonds is 1. The molecule has 0 spiro atoms. The van der Waals surface area contributed by atoms with E-state index in [0.717, 1.165) is 25.3 Å². The molecule has 1 aliphatic rings. The number of carbonyl (C=O) groups excluding carboxylic acids is 1. The number of carbonyl (C=O) groups is 1. The molecule has 0 aromatic heterocycles. The Hall–Kier alpha value is -1.35. The molecule has 0 radical (unpaired) electrons. The molecule has 2 rings (SSSR count). The van der Waals surface area contributed by atoms with Crippen LogP contribution in [0.25, 0.3) is 0 Å². The highest BCUT2D eigenvalue weighted by Crippen LogP contribution is 2.23. The van der Waals surface area contributed by atoms with Crippen LogP contribution >= 0.6 is 0 Å². The van der Waals surface area contributed by atoms with Gasteiger partial charge in [0, 0.05) is 25.2 Å². The molecule has 1 heterocycles. The zero-order valence-electron chi connectivity index (χ0n) is 11.5. The summed E-state index contributed by atoms with van der Waals surface area (Å²) in [5.74, 6) is 0.705. The largest absolute Gasteiger partial charge is 0.316 e. The minimum absolute atomic E-state index is 0.225. The summed E-state index contributed by atoms with van der Waals surface area (Å²) in [4.78, 5) is 14.2. The van der Waals surface area contributed by atoms with Crippen LogP contribution in [0.15, 0.2) is 18.2 Å². The van der Waals surface area contributed by atoms with Gasteiger partial charge in [-0.05, 0) is 43.5 Å². The van der Waals surface area contributed by atoms with Gasteiger partial charge < -0.3 is 10.2 Å². The van der Waals surface area contributed by atoms with E-state index in [-0.39, 0.29) is 5.91 Å². The fourth-order valence-electron chi connectivity index (χ4n) is 2.40. The second-order valence-electron chi connectivity index (χ2n) is 5.35. The van der Waals surface area contributed by atoms with Gasteiger partial charge in [-0.15, -0.1) is 0 Å². The first-order valence-electron chi connectivity index (χ1n) is 6.66. The summed E-state index contributed by atoms with van der Waals surface area (Å²) in [5, 5.41) is 3.32. The van der Waals surface area contributed by atoms with Crippen LogP contribution in [-0.4, -0.2) is 25.5 Å². The lowest BCUT2D eigenvalue weighted by Crippen LogP contribution is -2.42. The van der Waals surface area contributed by atoms with E-state index in [2.05, 4.69) is 44.3 Å². The Morgan fingerprint density at radius 1 is 1.33 bits per heavy atom. The molecule has 1 fully saturated rings. The van der Waals surface area contributed by atoms with Crippen LogP contribution in [0.4, 0.5) is 5.69 Å². The number of anilines is 1. The fraction of sp³-hybridized carbons (Fsp3) is 0.533. The summed E-state index contributed by atoms with van der Waals surface area (Å²) in [6.07, 6.45) is 0.583. The van der Waals surface area contributed by atoms with Gasteiger partial charge in [-0.1, -0.05) is 19.1 Å². The number of hydrogen-bond acceptors (Lipinski definition) is 2. The van der Waals surface area contributed by atoms with Gasteiger partial charge in [-0.2, -0.15) is 0 Å². The molecule has 1 aliphatic heterocycles. The van der Waals surface area contributed by atoms with Crippen LogP contribution in [0.1, 0.15) is 24.5 Å². The average Bonchev–Trinajstić information content (AvgIpc) is 2.33. The number of benzene rings is 1. The number of hydrogen-bond donors (Lipinski definition) is 1. The van der Waals surface area contributed by atoms with Gasteiger partial charge in [0.1, 0.15) is 0 Å². The van der Waals surface area contributed by atoms with E-state index < -0.39 is 0 Å². The molecule has 0 bridgehead atoms. The third-order valence-electron chi connectivity index (χ3n) is 3.46. The first-order chi connectivity index (χ1) is 8.58. The van der Waals surface area contributed by atoms with E-state index in [4.69, 9.17) is 0 Å². The maximum Gasteiger partial charge on any atom is 0.228 e. The van der Waals surface area contributed by atoms with E-state index in [1.807, 2.05) is 4.90 Å². The summed E-state index contributed by atoms with van der Waals surface area (Å²) in [6, 6.07) is 6.31. The number of nitrogens with one attached hydrogen (secondary N) is 1. The van der Waals surface area contributed by atoms with Crippen molar-refractivity contribution in [3.05, 3.63) is 29.3 Å². The first kappa shape index (κ1) is 13.1. The van der Waals surface area contributed by atoms with E-state index in [9.17, 15) is 4.79 Å². The van der Waals surface area contributed by atoms with Crippen molar-refractivity contribution in [2.75, 3.05) is 24.5 Å². The normalized spacial score (nSPS) is 21.6. The zero-order chi connectivity index (χ0) is 13.1. The highest BCUT2D eigenvalue weighted by Gasteiger charge is 2.21. The molecule has 98 valence electrons. The molecular weight excluding hydrogens is 224 g/mol. The zero-order valence-corrected chi connectivity index (χ0v) is 11.5. The molecule has 1 N–H and O–H groups in total. The van der Waals surface area contributed by atoms with Crippen molar-refractivity contribution in [3.63, 3.8) is 0 Å². The number of amides is 1. The van der Waals surface area contributed by atoms with Gasteiger partial charge in [-0.3, -0.25) is 4.79 Å². The van der Waals surface area contributed by atoms with Gasteiger partial charge in [0.25, 0.3) is 0 Å². The Morgan fingerprint density at radius 3 is 2.89 bits per heavy atom. The van der Waals surface area contributed by atoms with Crippen molar-refractivity contribution in [3.8, 4) is 0 Å². The standard InChI is InChI=1S/C15H22N2O/c1-11-4-5-13(3)14(8-11)17-10-12(2)9-16-7-6-15(17)18/h4-5,8,12,16H,6-7,9-10H2,1-3H3. The van der Waals surface area contributed by atoms with E-state index in [1.54, 1.807) is 0 Å². The summed E-state index contributed by atoms with van der Waals surface area (Å²) >= 11 is 0. The predicted octanol–water partition coefficient (Wildman–Crippen LogP) is 2.27. The lowest BCUT2D eigenvalue weighted by molar-refractivity contribution is -0.118. The molecule has 1 amide bonds. The summed E-state index contributed by atoms with van der Waals surface area (Å²) in [6.45, 7) is 8.89. The lowest BCUT2D eigenvalue weighted by Gasteiger charge is -2.30. The highest BCUT2D eigenvalue weighted by molar-refractivity contribution is 5.94. The van der Waals surface area contributed by atoms with Gasteiger partial charge >= 0.3 is 0 Å². The molecule has 1 atom stereocenters. The maximum absolute atomic E-state index is 12.3. The summed E-state index contributed by atoms with van der Waals surface area (Å²) in [5.41, 5.74) is 3.46. The quantitative estimate of drug-likeness (QED) is 0.824. The van der Waals surface area contributed by atoms with Crippen molar-refractivity contribution in [1.29, 1.82) is 0 Å². The molecule has 3 heteroatoms. The molecule has 1 unspecified atom stereocenters. The first-order valence-corrected chi connectivity index (χ1v) is 6.66. The minimum atomic E-state index is 0.225. The minimum Gasteiger partial charge on any atom is -0.316 e. The van der Waals surface area contributed by atoms with Crippen molar-refractivity contribution in [1.82, 2.24) is 5.32 Å². The van der Waals surface area contributed by atoms with Crippen LogP contribution in [0.3, 0.4) is 0 Å². The van der Waals surface area contributed by atoms with Crippen molar-refractivity contribution in [2.24, 2.45) is 5.92 Å². The predicted molar refractivity (Wildman–Crippen MR) is 74.9 cm³/mol. The second-order valence-corrected chi connectivity index (χ2v) is 5.35. The average molecular weight is 246 g/mol. The third-order valence-corrected chi connectivity index (χ3v) is 3.46. The van der Waals surface area contributed by atoms with Crippen LogP contribution in [-0.2, 0) is 4.79 Å². The summed E-state index contributed by atoms with van der Waals surface area (Å²) in [7, 11) is 0. The van der Waals surface area contributed by atoms with Crippen LogP contribution in [0, 0.1) is 19.8 Å². The molecule has 1 aromatic carbocycles. The fourth-order valence-corrected chi connectivity index (χ4v) is 2.40. The van der Waals surface area contributed by atoms with Crippen molar-refractivity contribution < 1.29 is 4.79 Å². The van der Waals surface area contributed by atoms with Crippen molar-refractivity contribution in [2.45, 2.75) is 27.2 Å². The molecule has 18 heavy (non-hydrogen) atoms. The second kappa shape index (κ2) is 5.53. The van der Waals surface area contributed by atoms with E-state index >= 15 is 0 Å². The van der Waals surface area contributed by atoms with Gasteiger partial charge in [0.05, 0.1) is 0 Å². The van der Waals surface area contributed by atoms with E-state index in [1.165, 1.54) is 11.1 Å². The Morgan fingerprint density at radius 2 is 2.11 bits per heavy atom. The molecule has 1 aromatic rings. The third kappa shape index (κ3) is 2.91. The molecule has 0 saturated carbocycles. The van der Waals surface area contributed by atoms with Gasteiger partial charge in [0.15, 0.2) is 0 Å². The Kier molecular flexibility index (Phi) is 4.02. The number of nitrogens with zero attached hydrogens (tertiary/aromatic N) is 1. The van der Waals surface area contributed by atoms with E-state index in [0.29, 0.717) is 12.3 Å². The van der Waals surface area contributed by atoms with Crippen LogP contribution < -0.4 is 10.2 Å². The van der Waals surface area contributed by atoms with Gasteiger partial charge in [-0.25, -0.2) is 0 Å². The molecule has 1 saturated heterocycles. The molecule has 3 nitrogen and oxygen atoms in total. The summed E-state index contributed by atoms with van der Waals surface area (Å²) < 4.78 is 0. The monoisotopic (exact) mass is 246 g/mol. The SMILES string of the molecule is Cc1ccc(C)c(N2CC(C)CNCCC2=O)c1. The molecular formula is C15H22N2O. The maximum atomic E-state index is 12.3. The molecule has 0 aliphatic carbocycles. The van der Waals surface area contributed by atoms with Gasteiger partial charge in [0.2, 0.25) is 5.91 Å². The topological polar surface area (TPSA) is 32.3 Å². The number of aryl methyl sites for hydroxylation is 2. The Balaban J connectivity index is 2.32.